The lowest BCUT2D eigenvalue weighted by Gasteiger charge is -2.32. The van der Waals surface area contributed by atoms with E-state index in [0.29, 0.717) is 17.9 Å². The van der Waals surface area contributed by atoms with Gasteiger partial charge in [0.15, 0.2) is 6.61 Å². The number of nitrogens with zero attached hydrogens (tertiary/aromatic N) is 1. The second-order valence-corrected chi connectivity index (χ2v) is 6.05. The number of nitrogens with one attached hydrogen (secondary N) is 1. The summed E-state index contributed by atoms with van der Waals surface area (Å²) < 4.78 is 40.7. The molecule has 0 radical (unpaired) electrons. The molecule has 1 aliphatic rings. The number of anilines is 1. The average Bonchev–Trinajstić information content (AvgIpc) is 2.36. The number of halogens is 3. The van der Waals surface area contributed by atoms with Crippen molar-refractivity contribution in [2.24, 2.45) is 11.8 Å². The minimum absolute atomic E-state index is 0.0109. The molecule has 0 aromatic carbocycles. The van der Waals surface area contributed by atoms with Crippen LogP contribution in [0.5, 0.6) is 5.88 Å². The molecule has 2 unspecified atom stereocenters. The molecule has 1 saturated carbocycles. The van der Waals surface area contributed by atoms with Crippen LogP contribution in [0.4, 0.5) is 18.9 Å². The van der Waals surface area contributed by atoms with E-state index in [4.69, 9.17) is 0 Å². The van der Waals surface area contributed by atoms with Gasteiger partial charge in [0, 0.05) is 12.1 Å². The van der Waals surface area contributed by atoms with Crippen LogP contribution in [-0.4, -0.2) is 23.8 Å². The smallest absolute Gasteiger partial charge is 0.422 e. The fourth-order valence-electron chi connectivity index (χ4n) is 3.01. The van der Waals surface area contributed by atoms with Gasteiger partial charge in [-0.3, -0.25) is 0 Å². The normalized spacial score (nSPS) is 26.4. The minimum Gasteiger partial charge on any atom is -0.468 e. The van der Waals surface area contributed by atoms with Gasteiger partial charge in [-0.1, -0.05) is 13.8 Å². The highest BCUT2D eigenvalue weighted by Gasteiger charge is 2.28. The molecule has 0 saturated heterocycles. The Labute approximate surface area is 122 Å². The van der Waals surface area contributed by atoms with E-state index >= 15 is 0 Å². The first kappa shape index (κ1) is 15.9. The lowest BCUT2D eigenvalue weighted by Crippen LogP contribution is -2.30. The number of ether oxygens (including phenoxy) is 1. The second-order valence-electron chi connectivity index (χ2n) is 6.05. The molecule has 21 heavy (non-hydrogen) atoms. The zero-order chi connectivity index (χ0) is 15.5. The predicted molar refractivity (Wildman–Crippen MR) is 75.4 cm³/mol. The van der Waals surface area contributed by atoms with Crippen molar-refractivity contribution < 1.29 is 17.9 Å². The minimum atomic E-state index is -4.34. The van der Waals surface area contributed by atoms with Crippen LogP contribution in [0.1, 0.15) is 33.1 Å². The summed E-state index contributed by atoms with van der Waals surface area (Å²) in [7, 11) is 0. The maximum atomic E-state index is 12.0. The highest BCUT2D eigenvalue weighted by molar-refractivity contribution is 5.43. The quantitative estimate of drug-likeness (QED) is 0.902. The number of aromatic nitrogens is 1. The van der Waals surface area contributed by atoms with Crippen LogP contribution in [-0.2, 0) is 0 Å². The van der Waals surface area contributed by atoms with Crippen molar-refractivity contribution in [2.75, 3.05) is 11.9 Å². The van der Waals surface area contributed by atoms with Crippen LogP contribution in [0, 0.1) is 11.8 Å². The van der Waals surface area contributed by atoms with Gasteiger partial charge in [0.25, 0.3) is 0 Å². The average molecular weight is 302 g/mol. The van der Waals surface area contributed by atoms with Gasteiger partial charge in [-0.05, 0) is 37.2 Å². The Bertz CT molecular complexity index is 437. The van der Waals surface area contributed by atoms with E-state index in [9.17, 15) is 13.2 Å². The Hall–Kier alpha value is -1.46. The van der Waals surface area contributed by atoms with Crippen molar-refractivity contribution in [2.45, 2.75) is 45.3 Å². The summed E-state index contributed by atoms with van der Waals surface area (Å²) in [5.41, 5.74) is 0.820. The fourth-order valence-corrected chi connectivity index (χ4v) is 3.01. The Morgan fingerprint density at radius 2 is 1.86 bits per heavy atom. The van der Waals surface area contributed by atoms with E-state index in [1.165, 1.54) is 18.7 Å². The Balaban J connectivity index is 1.87. The molecule has 1 aromatic rings. The summed E-state index contributed by atoms with van der Waals surface area (Å²) in [5, 5.41) is 3.40. The Morgan fingerprint density at radius 1 is 1.19 bits per heavy atom. The number of hydrogen-bond donors (Lipinski definition) is 1. The van der Waals surface area contributed by atoms with Gasteiger partial charge in [0.05, 0.1) is 11.9 Å². The van der Waals surface area contributed by atoms with Crippen molar-refractivity contribution >= 4 is 5.69 Å². The van der Waals surface area contributed by atoms with E-state index in [-0.39, 0.29) is 5.88 Å². The maximum absolute atomic E-state index is 12.0. The lowest BCUT2D eigenvalue weighted by atomic mass is 9.80. The highest BCUT2D eigenvalue weighted by atomic mass is 19.4. The molecule has 0 amide bonds. The van der Waals surface area contributed by atoms with Crippen LogP contribution in [0.15, 0.2) is 18.3 Å². The van der Waals surface area contributed by atoms with E-state index < -0.39 is 12.8 Å². The summed E-state index contributed by atoms with van der Waals surface area (Å²) in [6, 6.07) is 3.57. The van der Waals surface area contributed by atoms with Gasteiger partial charge < -0.3 is 10.1 Å². The van der Waals surface area contributed by atoms with E-state index in [2.05, 4.69) is 28.9 Å². The Morgan fingerprint density at radius 3 is 2.38 bits per heavy atom. The topological polar surface area (TPSA) is 34.1 Å². The monoisotopic (exact) mass is 302 g/mol. The van der Waals surface area contributed by atoms with Gasteiger partial charge in [-0.15, -0.1) is 0 Å². The number of alkyl halides is 3. The van der Waals surface area contributed by atoms with Crippen LogP contribution in [0.3, 0.4) is 0 Å². The molecule has 0 spiro atoms. The van der Waals surface area contributed by atoms with Crippen molar-refractivity contribution in [3.05, 3.63) is 18.3 Å². The van der Waals surface area contributed by atoms with Gasteiger partial charge in [0.2, 0.25) is 5.88 Å². The zero-order valence-corrected chi connectivity index (χ0v) is 12.3. The third kappa shape index (κ3) is 5.44. The highest BCUT2D eigenvalue weighted by Crippen LogP contribution is 2.30. The molecular formula is C15H21F3N2O. The molecule has 1 N–H and O–H groups in total. The summed E-state index contributed by atoms with van der Waals surface area (Å²) >= 11 is 0. The molecule has 2 atom stereocenters. The van der Waals surface area contributed by atoms with Gasteiger partial charge in [-0.2, -0.15) is 13.2 Å². The maximum Gasteiger partial charge on any atom is 0.422 e. The Kier molecular flexibility index (Phi) is 4.96. The van der Waals surface area contributed by atoms with Crippen LogP contribution < -0.4 is 10.1 Å². The summed E-state index contributed by atoms with van der Waals surface area (Å²) in [6.45, 7) is 3.18. The number of rotatable bonds is 4. The number of pyridine rings is 1. The van der Waals surface area contributed by atoms with Crippen molar-refractivity contribution in [3.8, 4) is 5.88 Å². The first-order chi connectivity index (χ1) is 9.82. The first-order valence-electron chi connectivity index (χ1n) is 7.24. The molecule has 0 aliphatic heterocycles. The third-order valence-electron chi connectivity index (χ3n) is 3.67. The predicted octanol–water partition coefficient (Wildman–Crippen LogP) is 4.26. The summed E-state index contributed by atoms with van der Waals surface area (Å²) in [4.78, 5) is 3.90. The summed E-state index contributed by atoms with van der Waals surface area (Å²) in [5.74, 6) is 1.37. The van der Waals surface area contributed by atoms with E-state index in [0.717, 1.165) is 18.5 Å². The molecule has 2 rings (SSSR count). The molecule has 1 aromatic heterocycles. The number of hydrogen-bond acceptors (Lipinski definition) is 3. The zero-order valence-electron chi connectivity index (χ0n) is 12.3. The van der Waals surface area contributed by atoms with Gasteiger partial charge in [-0.25, -0.2) is 4.98 Å². The molecular weight excluding hydrogens is 281 g/mol. The van der Waals surface area contributed by atoms with Gasteiger partial charge >= 0.3 is 6.18 Å². The standard InChI is InChI=1S/C15H21F3N2O/c1-10-5-11(2)7-13(6-10)20-12-3-4-14(19-8-12)21-9-15(16,17)18/h3-4,8,10-11,13,20H,5-7,9H2,1-2H3. The lowest BCUT2D eigenvalue weighted by molar-refractivity contribution is -0.154. The van der Waals surface area contributed by atoms with Crippen LogP contribution >= 0.6 is 0 Å². The van der Waals surface area contributed by atoms with Crippen LogP contribution in [0.25, 0.3) is 0 Å². The van der Waals surface area contributed by atoms with Crippen LogP contribution in [0.2, 0.25) is 0 Å². The third-order valence-corrected chi connectivity index (χ3v) is 3.67. The summed E-state index contributed by atoms with van der Waals surface area (Å²) in [6.07, 6.45) is 0.649. The van der Waals surface area contributed by atoms with E-state index in [1.807, 2.05) is 0 Å². The van der Waals surface area contributed by atoms with Crippen molar-refractivity contribution in [1.82, 2.24) is 4.98 Å². The van der Waals surface area contributed by atoms with Gasteiger partial charge in [0.1, 0.15) is 0 Å². The molecule has 118 valence electrons. The molecule has 6 heteroatoms. The molecule has 3 nitrogen and oxygen atoms in total. The fraction of sp³-hybridized carbons (Fsp3) is 0.667. The van der Waals surface area contributed by atoms with Crippen molar-refractivity contribution in [1.29, 1.82) is 0 Å². The second kappa shape index (κ2) is 6.54. The molecule has 1 aliphatic carbocycles. The van der Waals surface area contributed by atoms with E-state index in [1.54, 1.807) is 6.07 Å². The first-order valence-corrected chi connectivity index (χ1v) is 7.24. The molecule has 1 heterocycles. The largest absolute Gasteiger partial charge is 0.468 e. The molecule has 0 bridgehead atoms. The SMILES string of the molecule is CC1CC(C)CC(Nc2ccc(OCC(F)(F)F)nc2)C1. The molecule has 1 fully saturated rings. The van der Waals surface area contributed by atoms with Crippen molar-refractivity contribution in [3.63, 3.8) is 0 Å².